The lowest BCUT2D eigenvalue weighted by atomic mass is 10.0. The molecule has 0 unspecified atom stereocenters. The third-order valence-corrected chi connectivity index (χ3v) is 5.33. The maximum Gasteiger partial charge on any atom is 0.211 e. The lowest BCUT2D eigenvalue weighted by Crippen LogP contribution is -2.45. The van der Waals surface area contributed by atoms with Crippen LogP contribution in [0.4, 0.5) is 5.69 Å². The van der Waals surface area contributed by atoms with Crippen molar-refractivity contribution < 1.29 is 8.42 Å². The number of hydrogen-bond donors (Lipinski definition) is 1. The summed E-state index contributed by atoms with van der Waals surface area (Å²) in [6.07, 6.45) is 1.46. The number of anilines is 1. The molecule has 1 aliphatic rings. The summed E-state index contributed by atoms with van der Waals surface area (Å²) in [7, 11) is -3.16. The minimum atomic E-state index is -3.16. The van der Waals surface area contributed by atoms with Crippen LogP contribution >= 0.6 is 11.6 Å². The van der Waals surface area contributed by atoms with Gasteiger partial charge in [-0.3, -0.25) is 0 Å². The second kappa shape index (κ2) is 6.65. The van der Waals surface area contributed by atoms with E-state index in [1.807, 2.05) is 6.07 Å². The molecule has 0 amide bonds. The summed E-state index contributed by atoms with van der Waals surface area (Å²) in [5.74, 6) is 0.100. The Morgan fingerprint density at radius 1 is 1.43 bits per heavy atom. The van der Waals surface area contributed by atoms with Gasteiger partial charge in [0.25, 0.3) is 0 Å². The number of halogens is 1. The Labute approximate surface area is 130 Å². The highest BCUT2D eigenvalue weighted by Gasteiger charge is 2.24. The summed E-state index contributed by atoms with van der Waals surface area (Å²) >= 11 is 5.90. The van der Waals surface area contributed by atoms with Crippen molar-refractivity contribution in [2.75, 3.05) is 23.7 Å². The average molecular weight is 328 g/mol. The normalized spacial score (nSPS) is 16.7. The third kappa shape index (κ3) is 4.10. The Hall–Kier alpha value is -1.29. The summed E-state index contributed by atoms with van der Waals surface area (Å²) < 4.78 is 25.9. The Morgan fingerprint density at radius 3 is 2.67 bits per heavy atom. The van der Waals surface area contributed by atoms with E-state index in [-0.39, 0.29) is 11.8 Å². The number of nitrogens with zero attached hydrogens (tertiary/aromatic N) is 2. The first-order valence-corrected chi connectivity index (χ1v) is 8.93. The fourth-order valence-corrected chi connectivity index (χ4v) is 3.53. The molecule has 5 nitrogen and oxygen atoms in total. The highest BCUT2D eigenvalue weighted by molar-refractivity contribution is 7.89. The maximum atomic E-state index is 11.6. The minimum absolute atomic E-state index is 0.0240. The molecule has 21 heavy (non-hydrogen) atoms. The van der Waals surface area contributed by atoms with Gasteiger partial charge in [-0.1, -0.05) is 11.6 Å². The topological polar surface area (TPSA) is 73.2 Å². The molecule has 1 N–H and O–H groups in total. The average Bonchev–Trinajstić information content (AvgIpc) is 2.48. The quantitative estimate of drug-likeness (QED) is 0.919. The van der Waals surface area contributed by atoms with Crippen molar-refractivity contribution in [2.45, 2.75) is 25.8 Å². The Bertz CT molecular complexity index is 647. The molecule has 1 aromatic rings. The van der Waals surface area contributed by atoms with E-state index in [9.17, 15) is 13.7 Å². The van der Waals surface area contributed by atoms with Gasteiger partial charge in [-0.25, -0.2) is 13.1 Å². The van der Waals surface area contributed by atoms with Crippen LogP contribution in [0.5, 0.6) is 0 Å². The summed E-state index contributed by atoms with van der Waals surface area (Å²) in [6, 6.07) is 7.40. The van der Waals surface area contributed by atoms with Crippen LogP contribution in [0.1, 0.15) is 25.3 Å². The maximum absolute atomic E-state index is 11.6. The highest BCUT2D eigenvalue weighted by atomic mass is 35.5. The van der Waals surface area contributed by atoms with Gasteiger partial charge < -0.3 is 4.90 Å². The van der Waals surface area contributed by atoms with E-state index in [2.05, 4.69) is 15.7 Å². The molecule has 0 aliphatic carbocycles. The van der Waals surface area contributed by atoms with E-state index in [0.717, 1.165) is 18.5 Å². The predicted molar refractivity (Wildman–Crippen MR) is 84.0 cm³/mol. The third-order valence-electron chi connectivity index (χ3n) is 3.64. The molecule has 114 valence electrons. The smallest absolute Gasteiger partial charge is 0.211 e. The van der Waals surface area contributed by atoms with Crippen molar-refractivity contribution in [1.82, 2.24) is 4.72 Å². The van der Waals surface area contributed by atoms with Gasteiger partial charge in [-0.05, 0) is 38.0 Å². The summed E-state index contributed by atoms with van der Waals surface area (Å²) in [5.41, 5.74) is 1.41. The van der Waals surface area contributed by atoms with E-state index in [0.29, 0.717) is 23.7 Å². The zero-order valence-electron chi connectivity index (χ0n) is 11.8. The predicted octanol–water partition coefficient (Wildman–Crippen LogP) is 2.12. The Morgan fingerprint density at radius 2 is 2.10 bits per heavy atom. The molecule has 1 aromatic carbocycles. The summed E-state index contributed by atoms with van der Waals surface area (Å²) in [4.78, 5) is 2.10. The molecular formula is C14H18ClN3O2S. The second-order valence-corrected chi connectivity index (χ2v) is 7.53. The molecule has 0 radical (unpaired) electrons. The van der Waals surface area contributed by atoms with Gasteiger partial charge in [-0.2, -0.15) is 5.26 Å². The van der Waals surface area contributed by atoms with Crippen molar-refractivity contribution >= 4 is 27.3 Å². The van der Waals surface area contributed by atoms with Crippen LogP contribution in [0, 0.1) is 11.3 Å². The molecular weight excluding hydrogens is 310 g/mol. The number of nitrogens with one attached hydrogen (secondary N) is 1. The Kier molecular flexibility index (Phi) is 5.09. The minimum Gasteiger partial charge on any atom is -0.370 e. The fourth-order valence-electron chi connectivity index (χ4n) is 2.45. The number of nitriles is 1. The first-order valence-electron chi connectivity index (χ1n) is 6.90. The standard InChI is InChI=1S/C14H18ClN3O2S/c1-2-21(19,20)17-13-5-7-18(8-6-13)14-4-3-12(15)9-11(14)10-16/h3-4,9,13,17H,2,5-8H2,1H3. The van der Waals surface area contributed by atoms with Gasteiger partial charge in [0.2, 0.25) is 10.0 Å². The van der Waals surface area contributed by atoms with Crippen LogP contribution in [0.2, 0.25) is 5.02 Å². The van der Waals surface area contributed by atoms with Crippen LogP contribution < -0.4 is 9.62 Å². The largest absolute Gasteiger partial charge is 0.370 e. The van der Waals surface area contributed by atoms with Crippen LogP contribution in [-0.4, -0.2) is 33.3 Å². The van der Waals surface area contributed by atoms with Gasteiger partial charge >= 0.3 is 0 Å². The van der Waals surface area contributed by atoms with Crippen molar-refractivity contribution in [3.63, 3.8) is 0 Å². The van der Waals surface area contributed by atoms with E-state index in [1.165, 1.54) is 0 Å². The Balaban J connectivity index is 2.03. The molecule has 0 saturated carbocycles. The number of piperidine rings is 1. The molecule has 0 aromatic heterocycles. The zero-order valence-corrected chi connectivity index (χ0v) is 13.4. The highest BCUT2D eigenvalue weighted by Crippen LogP contribution is 2.26. The van der Waals surface area contributed by atoms with Gasteiger partial charge in [0.1, 0.15) is 6.07 Å². The molecule has 1 heterocycles. The number of benzene rings is 1. The van der Waals surface area contributed by atoms with E-state index < -0.39 is 10.0 Å². The van der Waals surface area contributed by atoms with Crippen molar-refractivity contribution in [1.29, 1.82) is 5.26 Å². The van der Waals surface area contributed by atoms with Gasteiger partial charge in [-0.15, -0.1) is 0 Å². The van der Waals surface area contributed by atoms with Crippen molar-refractivity contribution in [3.8, 4) is 6.07 Å². The van der Waals surface area contributed by atoms with E-state index in [1.54, 1.807) is 19.1 Å². The SMILES string of the molecule is CCS(=O)(=O)NC1CCN(c2ccc(Cl)cc2C#N)CC1. The van der Waals surface area contributed by atoms with Gasteiger partial charge in [0, 0.05) is 24.2 Å². The molecule has 2 rings (SSSR count). The summed E-state index contributed by atoms with van der Waals surface area (Å²) in [6.45, 7) is 3.06. The molecule has 1 fully saturated rings. The van der Waals surface area contributed by atoms with Crippen LogP contribution in [0.25, 0.3) is 0 Å². The van der Waals surface area contributed by atoms with Crippen LogP contribution in [0.3, 0.4) is 0 Å². The monoisotopic (exact) mass is 327 g/mol. The summed E-state index contributed by atoms with van der Waals surface area (Å²) in [5, 5.41) is 9.73. The van der Waals surface area contributed by atoms with Crippen LogP contribution in [0.15, 0.2) is 18.2 Å². The fraction of sp³-hybridized carbons (Fsp3) is 0.500. The lowest BCUT2D eigenvalue weighted by Gasteiger charge is -2.34. The van der Waals surface area contributed by atoms with Crippen molar-refractivity contribution in [3.05, 3.63) is 28.8 Å². The molecule has 7 heteroatoms. The van der Waals surface area contributed by atoms with E-state index in [4.69, 9.17) is 11.6 Å². The molecule has 0 atom stereocenters. The molecule has 1 aliphatic heterocycles. The number of hydrogen-bond acceptors (Lipinski definition) is 4. The number of rotatable bonds is 4. The van der Waals surface area contributed by atoms with E-state index >= 15 is 0 Å². The molecule has 0 spiro atoms. The van der Waals surface area contributed by atoms with Crippen molar-refractivity contribution in [2.24, 2.45) is 0 Å². The molecule has 1 saturated heterocycles. The second-order valence-electron chi connectivity index (χ2n) is 5.06. The number of sulfonamides is 1. The van der Waals surface area contributed by atoms with Gasteiger partial charge in [0.05, 0.1) is 17.0 Å². The molecule has 0 bridgehead atoms. The van der Waals surface area contributed by atoms with Gasteiger partial charge in [0.15, 0.2) is 0 Å². The zero-order chi connectivity index (χ0) is 15.5. The first-order chi connectivity index (χ1) is 9.95. The first kappa shape index (κ1) is 16.1. The lowest BCUT2D eigenvalue weighted by molar-refractivity contribution is 0.460. The van der Waals surface area contributed by atoms with Crippen LogP contribution in [-0.2, 0) is 10.0 Å².